The molecule has 8 nitrogen and oxygen atoms in total. The van der Waals surface area contributed by atoms with E-state index in [0.29, 0.717) is 36.0 Å². The van der Waals surface area contributed by atoms with Gasteiger partial charge < -0.3 is 14.4 Å². The van der Waals surface area contributed by atoms with Gasteiger partial charge in [0.2, 0.25) is 5.82 Å². The van der Waals surface area contributed by atoms with Crippen molar-refractivity contribution in [2.45, 2.75) is 31.4 Å². The van der Waals surface area contributed by atoms with E-state index < -0.39 is 11.8 Å². The minimum atomic E-state index is -1.24. The van der Waals surface area contributed by atoms with Crippen LogP contribution < -0.4 is 0 Å². The molecule has 3 aromatic carbocycles. The van der Waals surface area contributed by atoms with Crippen molar-refractivity contribution in [3.63, 3.8) is 0 Å². The summed E-state index contributed by atoms with van der Waals surface area (Å²) in [5, 5.41) is 14.2. The van der Waals surface area contributed by atoms with Crippen molar-refractivity contribution in [2.75, 3.05) is 13.1 Å². The molecule has 5 aromatic rings. The third-order valence-corrected chi connectivity index (χ3v) is 7.96. The number of pyridine rings is 1. The number of hydrogen-bond acceptors (Lipinski definition) is 7. The van der Waals surface area contributed by atoms with E-state index in [0.717, 1.165) is 53.1 Å². The maximum atomic E-state index is 11.5. The van der Waals surface area contributed by atoms with E-state index in [-0.39, 0.29) is 0 Å². The smallest absolute Gasteiger partial charge is 0.450 e. The van der Waals surface area contributed by atoms with Gasteiger partial charge in [0, 0.05) is 72.5 Å². The maximum Gasteiger partial charge on any atom is 0.506 e. The number of piperidine rings is 1. The first-order valence-electron chi connectivity index (χ1n) is 13.8. The predicted octanol–water partition coefficient (Wildman–Crippen LogP) is 7.39. The molecule has 1 aliphatic rings. The first kappa shape index (κ1) is 27.6. The number of benzene rings is 3. The van der Waals surface area contributed by atoms with Gasteiger partial charge in [-0.2, -0.15) is 4.98 Å². The molecular weight excluding hydrogens is 552 g/mol. The Morgan fingerprint density at radius 2 is 1.67 bits per heavy atom. The molecule has 0 amide bonds. The number of carbonyl (C=O) groups is 1. The fourth-order valence-electron chi connectivity index (χ4n) is 5.43. The van der Waals surface area contributed by atoms with E-state index in [9.17, 15) is 9.90 Å². The van der Waals surface area contributed by atoms with E-state index >= 15 is 0 Å². The zero-order chi connectivity index (χ0) is 28.9. The Labute approximate surface area is 248 Å². The molecule has 212 valence electrons. The Morgan fingerprint density at radius 3 is 2.36 bits per heavy atom. The average Bonchev–Trinajstić information content (AvgIpc) is 3.50. The predicted molar refractivity (Wildman–Crippen MR) is 160 cm³/mol. The fourth-order valence-corrected chi connectivity index (χ4v) is 5.72. The van der Waals surface area contributed by atoms with E-state index in [2.05, 4.69) is 32.2 Å². The van der Waals surface area contributed by atoms with Crippen LogP contribution in [-0.2, 0) is 17.7 Å². The van der Waals surface area contributed by atoms with Gasteiger partial charge in [0.15, 0.2) is 0 Å². The van der Waals surface area contributed by atoms with Gasteiger partial charge in [-0.25, -0.2) is 4.79 Å². The normalized spacial score (nSPS) is 14.9. The highest BCUT2D eigenvalue weighted by molar-refractivity contribution is 6.33. The van der Waals surface area contributed by atoms with E-state index in [1.165, 1.54) is 0 Å². The summed E-state index contributed by atoms with van der Waals surface area (Å²) in [7, 11) is 0. The number of likely N-dealkylation sites (tertiary alicyclic amines) is 1. The van der Waals surface area contributed by atoms with Gasteiger partial charge in [0.25, 0.3) is 5.89 Å². The van der Waals surface area contributed by atoms with Crippen LogP contribution in [0.4, 0.5) is 4.79 Å². The fraction of sp³-hybridized carbons (Fsp3) is 0.212. The highest BCUT2D eigenvalue weighted by Gasteiger charge is 2.39. The standard InChI is InChI=1S/C33H29ClN4O4/c34-29-20-26(13-14-28(29)24-6-2-1-3-7-24)31-36-30(37-42-31)25-11-9-23(10-12-25)22-38-18-15-33(16-19-38,41-32(39)40)21-27-8-4-5-17-35-27/h1-14,17,20H,15-16,18-19,21-22H2,(H,39,40). The van der Waals surface area contributed by atoms with Gasteiger partial charge in [-0.05, 0) is 35.4 Å². The minimum Gasteiger partial charge on any atom is -0.450 e. The Morgan fingerprint density at radius 1 is 0.929 bits per heavy atom. The van der Waals surface area contributed by atoms with Crippen molar-refractivity contribution in [1.29, 1.82) is 0 Å². The molecule has 42 heavy (non-hydrogen) atoms. The van der Waals surface area contributed by atoms with Crippen LogP contribution in [0.3, 0.4) is 0 Å². The van der Waals surface area contributed by atoms with Crippen LogP contribution in [0.5, 0.6) is 0 Å². The zero-order valence-corrected chi connectivity index (χ0v) is 23.6. The van der Waals surface area contributed by atoms with Crippen LogP contribution in [-0.4, -0.2) is 50.0 Å². The molecule has 0 unspecified atom stereocenters. The van der Waals surface area contributed by atoms with Crippen molar-refractivity contribution in [1.82, 2.24) is 20.0 Å². The lowest BCUT2D eigenvalue weighted by Crippen LogP contribution is -2.48. The van der Waals surface area contributed by atoms with Crippen molar-refractivity contribution in [3.8, 4) is 34.0 Å². The number of halogens is 1. The second kappa shape index (κ2) is 12.1. The number of hydrogen-bond donors (Lipinski definition) is 1. The van der Waals surface area contributed by atoms with Crippen LogP contribution in [0.25, 0.3) is 34.0 Å². The Hall–Kier alpha value is -4.53. The number of carboxylic acid groups (broad SMARTS) is 1. The number of ether oxygens (including phenoxy) is 1. The molecule has 9 heteroatoms. The summed E-state index contributed by atoms with van der Waals surface area (Å²) < 4.78 is 11.0. The molecule has 0 saturated carbocycles. The van der Waals surface area contributed by atoms with Crippen LogP contribution in [0.2, 0.25) is 5.02 Å². The van der Waals surface area contributed by atoms with Crippen molar-refractivity contribution in [3.05, 3.63) is 113 Å². The van der Waals surface area contributed by atoms with Crippen molar-refractivity contribution >= 4 is 17.8 Å². The molecule has 1 N–H and O–H groups in total. The summed E-state index contributed by atoms with van der Waals surface area (Å²) in [6.45, 7) is 2.19. The topological polar surface area (TPSA) is 102 Å². The molecule has 6 rings (SSSR count). The van der Waals surface area contributed by atoms with Crippen LogP contribution in [0, 0.1) is 0 Å². The number of aromatic nitrogens is 3. The average molecular weight is 581 g/mol. The van der Waals surface area contributed by atoms with Crippen LogP contribution in [0.15, 0.2) is 102 Å². The lowest BCUT2D eigenvalue weighted by molar-refractivity contribution is -0.0575. The van der Waals surface area contributed by atoms with Gasteiger partial charge in [-0.1, -0.05) is 83.5 Å². The quantitative estimate of drug-likeness (QED) is 0.190. The molecule has 0 radical (unpaired) electrons. The molecule has 1 fully saturated rings. The zero-order valence-electron chi connectivity index (χ0n) is 22.8. The number of rotatable bonds is 8. The second-order valence-electron chi connectivity index (χ2n) is 10.5. The Bertz CT molecular complexity index is 1650. The largest absolute Gasteiger partial charge is 0.506 e. The van der Waals surface area contributed by atoms with Crippen molar-refractivity contribution < 1.29 is 19.2 Å². The molecule has 0 bridgehead atoms. The number of nitrogens with zero attached hydrogens (tertiary/aromatic N) is 4. The van der Waals surface area contributed by atoms with Crippen LogP contribution >= 0.6 is 11.6 Å². The first-order valence-corrected chi connectivity index (χ1v) is 14.2. The lowest BCUT2D eigenvalue weighted by atomic mass is 9.86. The van der Waals surface area contributed by atoms with E-state index in [1.54, 1.807) is 6.20 Å². The van der Waals surface area contributed by atoms with Gasteiger partial charge in [-0.3, -0.25) is 9.88 Å². The van der Waals surface area contributed by atoms with Crippen molar-refractivity contribution in [2.24, 2.45) is 0 Å². The molecule has 0 aliphatic carbocycles. The molecule has 3 heterocycles. The summed E-state index contributed by atoms with van der Waals surface area (Å²) in [5.41, 5.74) is 4.81. The molecular formula is C33H29ClN4O4. The van der Waals surface area contributed by atoms with E-state index in [1.807, 2.05) is 78.9 Å². The third kappa shape index (κ3) is 6.35. The molecule has 2 aromatic heterocycles. The summed E-state index contributed by atoms with van der Waals surface area (Å²) >= 11 is 6.58. The molecule has 0 spiro atoms. The van der Waals surface area contributed by atoms with Gasteiger partial charge in [-0.15, -0.1) is 0 Å². The van der Waals surface area contributed by atoms with Crippen LogP contribution in [0.1, 0.15) is 24.1 Å². The summed E-state index contributed by atoms with van der Waals surface area (Å²) in [6.07, 6.45) is 2.16. The lowest BCUT2D eigenvalue weighted by Gasteiger charge is -2.40. The summed E-state index contributed by atoms with van der Waals surface area (Å²) in [6, 6.07) is 29.4. The molecule has 1 aliphatic heterocycles. The van der Waals surface area contributed by atoms with E-state index in [4.69, 9.17) is 20.9 Å². The van der Waals surface area contributed by atoms with Gasteiger partial charge in [0.05, 0.1) is 0 Å². The maximum absolute atomic E-state index is 11.5. The Balaban J connectivity index is 1.09. The molecule has 1 saturated heterocycles. The van der Waals surface area contributed by atoms with Gasteiger partial charge in [0.1, 0.15) is 5.60 Å². The second-order valence-corrected chi connectivity index (χ2v) is 10.9. The highest BCUT2D eigenvalue weighted by Crippen LogP contribution is 2.33. The third-order valence-electron chi connectivity index (χ3n) is 7.65. The Kier molecular flexibility index (Phi) is 7.99. The summed E-state index contributed by atoms with van der Waals surface area (Å²) in [5.74, 6) is 0.907. The monoisotopic (exact) mass is 580 g/mol. The summed E-state index contributed by atoms with van der Waals surface area (Å²) in [4.78, 5) is 22.8. The molecule has 0 atom stereocenters. The minimum absolute atomic E-state index is 0.404. The van der Waals surface area contributed by atoms with Gasteiger partial charge >= 0.3 is 6.16 Å². The highest BCUT2D eigenvalue weighted by atomic mass is 35.5. The first-order chi connectivity index (χ1) is 20.5. The SMILES string of the molecule is O=C(O)OC1(Cc2ccccn2)CCN(Cc2ccc(-c3noc(-c4ccc(-c5ccccc5)c(Cl)c4)n3)cc2)CC1.